The van der Waals surface area contributed by atoms with E-state index in [1.54, 1.807) is 18.2 Å². The van der Waals surface area contributed by atoms with Gasteiger partial charge in [0.1, 0.15) is 11.0 Å². The highest BCUT2D eigenvalue weighted by Gasteiger charge is 2.61. The van der Waals surface area contributed by atoms with Crippen molar-refractivity contribution in [2.75, 3.05) is 13.1 Å². The number of benzene rings is 2. The zero-order chi connectivity index (χ0) is 27.5. The van der Waals surface area contributed by atoms with E-state index in [-0.39, 0.29) is 37.7 Å². The number of hydrogen-bond donors (Lipinski definition) is 3. The maximum atomic E-state index is 13.4. The van der Waals surface area contributed by atoms with Gasteiger partial charge < -0.3 is 15.3 Å². The Morgan fingerprint density at radius 1 is 1.00 bits per heavy atom. The Hall–Kier alpha value is -3.84. The molecule has 0 radical (unpaired) electrons. The number of alkyl halides is 6. The first-order valence-electron chi connectivity index (χ1n) is 11.6. The molecule has 2 bridgehead atoms. The van der Waals surface area contributed by atoms with Crippen molar-refractivity contribution in [3.8, 4) is 0 Å². The third-order valence-corrected chi connectivity index (χ3v) is 7.36. The SMILES string of the molecule is O=C(NCc1ccc2n[nH]nc2c1)[C@@H]1[C@H]2CN(C(=O)O)C[C@@]1(Cc1cc(C(F)(F)F)cc(C(F)(F)F)c1)C2. The fourth-order valence-electron chi connectivity index (χ4n) is 5.87. The van der Waals surface area contributed by atoms with E-state index in [2.05, 4.69) is 20.7 Å². The summed E-state index contributed by atoms with van der Waals surface area (Å²) in [5.41, 5.74) is -2.40. The molecule has 3 aromatic rings. The first-order valence-corrected chi connectivity index (χ1v) is 11.6. The highest BCUT2D eigenvalue weighted by Crippen LogP contribution is 2.57. The fraction of sp³-hybridized carbons (Fsp3) is 0.417. The van der Waals surface area contributed by atoms with Crippen molar-refractivity contribution in [1.82, 2.24) is 25.6 Å². The van der Waals surface area contributed by atoms with Crippen LogP contribution in [-0.2, 0) is 30.1 Å². The molecule has 2 aliphatic rings. The van der Waals surface area contributed by atoms with Crippen molar-refractivity contribution in [3.05, 3.63) is 58.7 Å². The Morgan fingerprint density at radius 3 is 2.29 bits per heavy atom. The molecule has 2 aromatic carbocycles. The van der Waals surface area contributed by atoms with Crippen LogP contribution in [0.2, 0.25) is 0 Å². The fourth-order valence-corrected chi connectivity index (χ4v) is 5.87. The minimum Gasteiger partial charge on any atom is -0.465 e. The van der Waals surface area contributed by atoms with Gasteiger partial charge in [-0.1, -0.05) is 6.07 Å². The van der Waals surface area contributed by atoms with Gasteiger partial charge in [0.05, 0.1) is 17.0 Å². The topological polar surface area (TPSA) is 111 Å². The summed E-state index contributed by atoms with van der Waals surface area (Å²) >= 11 is 0. The molecule has 8 nitrogen and oxygen atoms in total. The van der Waals surface area contributed by atoms with E-state index in [0.717, 1.165) is 4.90 Å². The van der Waals surface area contributed by atoms with Gasteiger partial charge in [0.2, 0.25) is 5.91 Å². The van der Waals surface area contributed by atoms with Crippen LogP contribution in [0, 0.1) is 17.3 Å². The smallest absolute Gasteiger partial charge is 0.416 e. The second-order valence-electron chi connectivity index (χ2n) is 9.92. The molecule has 2 amide bonds. The summed E-state index contributed by atoms with van der Waals surface area (Å²) in [6.45, 7) is -0.0266. The summed E-state index contributed by atoms with van der Waals surface area (Å²) in [5.74, 6) is -1.63. The van der Waals surface area contributed by atoms with Crippen LogP contribution < -0.4 is 5.32 Å². The van der Waals surface area contributed by atoms with Crippen LogP contribution in [0.3, 0.4) is 0 Å². The van der Waals surface area contributed by atoms with Crippen molar-refractivity contribution in [2.24, 2.45) is 17.3 Å². The summed E-state index contributed by atoms with van der Waals surface area (Å²) in [7, 11) is 0. The summed E-state index contributed by atoms with van der Waals surface area (Å²) in [5, 5.41) is 22.7. The maximum absolute atomic E-state index is 13.4. The molecule has 0 unspecified atom stereocenters. The Balaban J connectivity index is 1.42. The summed E-state index contributed by atoms with van der Waals surface area (Å²) in [4.78, 5) is 26.0. The Morgan fingerprint density at radius 2 is 1.66 bits per heavy atom. The van der Waals surface area contributed by atoms with E-state index in [9.17, 15) is 41.0 Å². The zero-order valence-electron chi connectivity index (χ0n) is 19.5. The lowest BCUT2D eigenvalue weighted by Crippen LogP contribution is -2.68. The number of carbonyl (C=O) groups is 2. The molecular formula is C24H21F6N5O3. The molecule has 38 heavy (non-hydrogen) atoms. The lowest BCUT2D eigenvalue weighted by molar-refractivity contribution is -0.160. The van der Waals surface area contributed by atoms with E-state index in [1.807, 2.05) is 0 Å². The van der Waals surface area contributed by atoms with Gasteiger partial charge in [-0.3, -0.25) is 4.79 Å². The van der Waals surface area contributed by atoms with Gasteiger partial charge in [-0.2, -0.15) is 41.8 Å². The normalized spacial score (nSPS) is 23.3. The van der Waals surface area contributed by atoms with Gasteiger partial charge in [-0.15, -0.1) is 0 Å². The largest absolute Gasteiger partial charge is 0.465 e. The number of nitrogens with one attached hydrogen (secondary N) is 2. The van der Waals surface area contributed by atoms with Crippen molar-refractivity contribution in [1.29, 1.82) is 0 Å². The van der Waals surface area contributed by atoms with E-state index in [1.165, 1.54) is 0 Å². The van der Waals surface area contributed by atoms with Crippen LogP contribution in [-0.4, -0.2) is 50.5 Å². The zero-order valence-corrected chi connectivity index (χ0v) is 19.5. The van der Waals surface area contributed by atoms with Crippen LogP contribution in [0.1, 0.15) is 28.7 Å². The molecule has 1 aromatic heterocycles. The average molecular weight is 541 g/mol. The minimum atomic E-state index is -5.02. The van der Waals surface area contributed by atoms with Crippen molar-refractivity contribution in [2.45, 2.75) is 31.7 Å². The van der Waals surface area contributed by atoms with Gasteiger partial charge in [-0.25, -0.2) is 4.79 Å². The van der Waals surface area contributed by atoms with Crippen LogP contribution in [0.25, 0.3) is 11.0 Å². The highest BCUT2D eigenvalue weighted by atomic mass is 19.4. The molecule has 202 valence electrons. The Labute approximate surface area is 211 Å². The molecule has 2 heterocycles. The predicted octanol–water partition coefficient (Wildman–Crippen LogP) is 4.47. The predicted molar refractivity (Wildman–Crippen MR) is 120 cm³/mol. The monoisotopic (exact) mass is 541 g/mol. The molecule has 1 saturated heterocycles. The van der Waals surface area contributed by atoms with Gasteiger partial charge >= 0.3 is 18.4 Å². The Bertz CT molecular complexity index is 1370. The summed E-state index contributed by atoms with van der Waals surface area (Å²) < 4.78 is 80.4. The van der Waals surface area contributed by atoms with Crippen LogP contribution >= 0.6 is 0 Å². The van der Waals surface area contributed by atoms with Crippen molar-refractivity contribution < 1.29 is 41.0 Å². The van der Waals surface area contributed by atoms with E-state index in [4.69, 9.17) is 0 Å². The number of H-pyrrole nitrogens is 1. The first-order chi connectivity index (χ1) is 17.7. The van der Waals surface area contributed by atoms with Crippen molar-refractivity contribution >= 4 is 23.0 Å². The second kappa shape index (κ2) is 8.88. The highest BCUT2D eigenvalue weighted by molar-refractivity contribution is 5.82. The number of amides is 2. The number of piperidine rings is 2. The maximum Gasteiger partial charge on any atom is 0.416 e. The van der Waals surface area contributed by atoms with Gasteiger partial charge in [0.15, 0.2) is 0 Å². The number of hydrogen-bond acceptors (Lipinski definition) is 4. The third-order valence-electron chi connectivity index (χ3n) is 7.36. The number of carbonyl (C=O) groups excluding carboxylic acids is 1. The lowest BCUT2D eigenvalue weighted by Gasteiger charge is -2.61. The molecule has 3 atom stereocenters. The quantitative estimate of drug-likeness (QED) is 0.413. The average Bonchev–Trinajstić information content (AvgIpc) is 3.29. The van der Waals surface area contributed by atoms with Gasteiger partial charge in [0.25, 0.3) is 0 Å². The van der Waals surface area contributed by atoms with Crippen LogP contribution in [0.5, 0.6) is 0 Å². The summed E-state index contributed by atoms with van der Waals surface area (Å²) in [6.07, 6.45) is -11.3. The molecule has 14 heteroatoms. The minimum absolute atomic E-state index is 0.0467. The number of likely N-dealkylation sites (tertiary alicyclic amines) is 1. The number of nitrogens with zero attached hydrogens (tertiary/aromatic N) is 3. The molecule has 1 aliphatic carbocycles. The van der Waals surface area contributed by atoms with Crippen molar-refractivity contribution in [3.63, 3.8) is 0 Å². The number of aromatic nitrogens is 3. The van der Waals surface area contributed by atoms with E-state index in [0.29, 0.717) is 35.2 Å². The Kier molecular flexibility index (Phi) is 6.03. The van der Waals surface area contributed by atoms with Gasteiger partial charge in [0, 0.05) is 25.0 Å². The molecule has 3 N–H and O–H groups in total. The van der Waals surface area contributed by atoms with Crippen LogP contribution in [0.15, 0.2) is 36.4 Å². The standard InChI is InChI=1S/C24H21F6N5O3/c25-23(26,27)15-3-13(4-16(6-15)24(28,29)30)7-22-8-14(10-35(11-22)21(37)38)19(22)20(36)31-9-12-1-2-17-18(5-12)33-34-32-17/h1-6,14,19H,7-11H2,(H,31,36)(H,37,38)(H,32,33,34)/t14-,19+,22-/m1/s1. The number of aromatic amines is 1. The first kappa shape index (κ1) is 25.8. The molecular weight excluding hydrogens is 520 g/mol. The number of fused-ring (bicyclic) bond motifs is 3. The second-order valence-corrected chi connectivity index (χ2v) is 9.92. The van der Waals surface area contributed by atoms with E-state index >= 15 is 0 Å². The number of halogens is 6. The van der Waals surface area contributed by atoms with E-state index < -0.39 is 52.7 Å². The van der Waals surface area contributed by atoms with Gasteiger partial charge in [-0.05, 0) is 60.2 Å². The molecule has 5 rings (SSSR count). The molecule has 1 saturated carbocycles. The molecule has 0 spiro atoms. The number of carboxylic acid groups (broad SMARTS) is 1. The lowest BCUT2D eigenvalue weighted by atomic mass is 9.48. The molecule has 1 aliphatic heterocycles. The molecule has 2 fully saturated rings. The summed E-state index contributed by atoms with van der Waals surface area (Å²) in [6, 6.07) is 6.47. The number of rotatable bonds is 5. The van der Waals surface area contributed by atoms with Crippen LogP contribution in [0.4, 0.5) is 31.1 Å². The third kappa shape index (κ3) is 4.74.